The quantitative estimate of drug-likeness (QED) is 0.606. The predicted octanol–water partition coefficient (Wildman–Crippen LogP) is 5.53. The predicted molar refractivity (Wildman–Crippen MR) is 112 cm³/mol. The summed E-state index contributed by atoms with van der Waals surface area (Å²) in [7, 11) is 0. The fourth-order valence-corrected chi connectivity index (χ4v) is 4.58. The average molecular weight is 387 g/mol. The van der Waals surface area contributed by atoms with Crippen molar-refractivity contribution in [2.75, 3.05) is 6.54 Å². The molecule has 0 radical (unpaired) electrons. The Kier molecular flexibility index (Phi) is 7.63. The van der Waals surface area contributed by atoms with Gasteiger partial charge in [0.25, 0.3) is 0 Å². The first-order chi connectivity index (χ1) is 13.2. The SMILES string of the molecule is CCC(CC)CC(C)CC1Cc2ccc(C#N)cc2C1C(=O)NCC(C)(C)F. The molecule has 0 heterocycles. The number of nitrogens with zero attached hydrogens (tertiary/aromatic N) is 1. The summed E-state index contributed by atoms with van der Waals surface area (Å²) in [5.41, 5.74) is 1.24. The number of carbonyl (C=O) groups excluding carboxylic acids is 1. The highest BCUT2D eigenvalue weighted by Crippen LogP contribution is 2.42. The van der Waals surface area contributed by atoms with Gasteiger partial charge in [-0.15, -0.1) is 0 Å². The van der Waals surface area contributed by atoms with Crippen LogP contribution in [0.3, 0.4) is 0 Å². The van der Waals surface area contributed by atoms with Crippen LogP contribution in [0.2, 0.25) is 0 Å². The maximum absolute atomic E-state index is 13.9. The van der Waals surface area contributed by atoms with E-state index in [4.69, 9.17) is 0 Å². The number of alkyl halides is 1. The number of benzene rings is 1. The minimum atomic E-state index is -1.44. The second kappa shape index (κ2) is 9.54. The standard InChI is InChI=1S/C24H35FN2O/c1-6-17(7-2)10-16(3)11-20-13-19-9-8-18(14-26)12-21(19)22(20)23(28)27-15-24(4,5)25/h8-9,12,16-17,20,22H,6-7,10-11,13,15H2,1-5H3,(H,27,28). The fraction of sp³-hybridized carbons (Fsp3) is 0.667. The van der Waals surface area contributed by atoms with E-state index in [9.17, 15) is 14.4 Å². The van der Waals surface area contributed by atoms with Gasteiger partial charge in [0, 0.05) is 0 Å². The van der Waals surface area contributed by atoms with Crippen LogP contribution in [0.15, 0.2) is 18.2 Å². The third-order valence-electron chi connectivity index (χ3n) is 6.12. The Balaban J connectivity index is 2.21. The highest BCUT2D eigenvalue weighted by molar-refractivity contribution is 5.85. The van der Waals surface area contributed by atoms with Crippen LogP contribution in [0.5, 0.6) is 0 Å². The van der Waals surface area contributed by atoms with E-state index < -0.39 is 5.67 Å². The minimum Gasteiger partial charge on any atom is -0.352 e. The zero-order valence-electron chi connectivity index (χ0n) is 18.0. The molecule has 0 spiro atoms. The number of carbonyl (C=O) groups is 1. The van der Waals surface area contributed by atoms with Gasteiger partial charge in [-0.25, -0.2) is 4.39 Å². The van der Waals surface area contributed by atoms with Gasteiger partial charge in [0.15, 0.2) is 0 Å². The number of fused-ring (bicyclic) bond motifs is 1. The van der Waals surface area contributed by atoms with Crippen molar-refractivity contribution >= 4 is 5.91 Å². The minimum absolute atomic E-state index is 0.00558. The number of hydrogen-bond donors (Lipinski definition) is 1. The molecule has 0 aliphatic heterocycles. The molecule has 1 aliphatic carbocycles. The van der Waals surface area contributed by atoms with Gasteiger partial charge in [0.1, 0.15) is 5.67 Å². The third kappa shape index (κ3) is 5.80. The van der Waals surface area contributed by atoms with Crippen LogP contribution >= 0.6 is 0 Å². The molecule has 0 bridgehead atoms. The Morgan fingerprint density at radius 2 is 2.04 bits per heavy atom. The summed E-state index contributed by atoms with van der Waals surface area (Å²) in [6.07, 6.45) is 5.38. The van der Waals surface area contributed by atoms with Crippen LogP contribution in [0.1, 0.15) is 82.9 Å². The van der Waals surface area contributed by atoms with E-state index in [1.807, 2.05) is 18.2 Å². The van der Waals surface area contributed by atoms with Gasteiger partial charge in [-0.1, -0.05) is 39.7 Å². The summed E-state index contributed by atoms with van der Waals surface area (Å²) in [5, 5.41) is 12.1. The van der Waals surface area contributed by atoms with Crippen LogP contribution in [-0.4, -0.2) is 18.1 Å². The second-order valence-electron chi connectivity index (χ2n) is 9.16. The molecule has 0 saturated carbocycles. The van der Waals surface area contributed by atoms with Crippen LogP contribution in [0.25, 0.3) is 0 Å². The van der Waals surface area contributed by atoms with Crippen LogP contribution < -0.4 is 5.32 Å². The Morgan fingerprint density at radius 1 is 1.36 bits per heavy atom. The van der Waals surface area contributed by atoms with Crippen molar-refractivity contribution < 1.29 is 9.18 Å². The zero-order valence-corrected chi connectivity index (χ0v) is 18.0. The molecule has 0 fully saturated rings. The summed E-state index contributed by atoms with van der Waals surface area (Å²) in [4.78, 5) is 13.0. The molecule has 154 valence electrons. The van der Waals surface area contributed by atoms with Gasteiger partial charge in [-0.3, -0.25) is 4.79 Å². The van der Waals surface area contributed by atoms with Gasteiger partial charge < -0.3 is 5.32 Å². The van der Waals surface area contributed by atoms with Gasteiger partial charge in [0.2, 0.25) is 5.91 Å². The van der Waals surface area contributed by atoms with Gasteiger partial charge in [-0.05, 0) is 74.1 Å². The molecular formula is C24H35FN2O. The summed E-state index contributed by atoms with van der Waals surface area (Å²) in [6, 6.07) is 7.84. The number of halogens is 1. The molecule has 3 unspecified atom stereocenters. The van der Waals surface area contributed by atoms with E-state index in [1.165, 1.54) is 33.1 Å². The smallest absolute Gasteiger partial charge is 0.227 e. The summed E-state index contributed by atoms with van der Waals surface area (Å²) in [5.74, 6) is 1.06. The van der Waals surface area contributed by atoms with Crippen molar-refractivity contribution in [3.8, 4) is 6.07 Å². The molecule has 0 aromatic heterocycles. The Hall–Kier alpha value is -1.89. The number of amides is 1. The second-order valence-corrected chi connectivity index (χ2v) is 9.16. The third-order valence-corrected chi connectivity index (χ3v) is 6.12. The molecule has 1 aromatic carbocycles. The van der Waals surface area contributed by atoms with Gasteiger partial charge >= 0.3 is 0 Å². The highest BCUT2D eigenvalue weighted by Gasteiger charge is 2.38. The van der Waals surface area contributed by atoms with Crippen molar-refractivity contribution in [3.05, 3.63) is 34.9 Å². The topological polar surface area (TPSA) is 52.9 Å². The normalized spacial score (nSPS) is 19.9. The molecule has 2 rings (SSSR count). The number of rotatable bonds is 9. The largest absolute Gasteiger partial charge is 0.352 e. The van der Waals surface area contributed by atoms with Crippen molar-refractivity contribution in [3.63, 3.8) is 0 Å². The first kappa shape index (κ1) is 22.4. The molecule has 3 atom stereocenters. The van der Waals surface area contributed by atoms with Gasteiger partial charge in [0.05, 0.1) is 24.1 Å². The average Bonchev–Trinajstić information content (AvgIpc) is 3.00. The molecule has 1 amide bonds. The Bertz CT molecular complexity index is 712. The van der Waals surface area contributed by atoms with E-state index in [-0.39, 0.29) is 24.3 Å². The van der Waals surface area contributed by atoms with Crippen LogP contribution in [0, 0.1) is 29.1 Å². The summed E-state index contributed by atoms with van der Waals surface area (Å²) >= 11 is 0. The summed E-state index contributed by atoms with van der Waals surface area (Å²) in [6.45, 7) is 9.71. The van der Waals surface area contributed by atoms with Crippen LogP contribution in [-0.2, 0) is 11.2 Å². The Morgan fingerprint density at radius 3 is 2.61 bits per heavy atom. The maximum atomic E-state index is 13.9. The van der Waals surface area contributed by atoms with Crippen LogP contribution in [0.4, 0.5) is 4.39 Å². The van der Waals surface area contributed by atoms with Crippen molar-refractivity contribution in [2.24, 2.45) is 17.8 Å². The molecule has 1 aromatic rings. The highest BCUT2D eigenvalue weighted by atomic mass is 19.1. The van der Waals surface area contributed by atoms with Crippen molar-refractivity contribution in [1.29, 1.82) is 5.26 Å². The molecule has 3 nitrogen and oxygen atoms in total. The maximum Gasteiger partial charge on any atom is 0.227 e. The lowest BCUT2D eigenvalue weighted by Gasteiger charge is -2.26. The van der Waals surface area contributed by atoms with Gasteiger partial charge in [-0.2, -0.15) is 5.26 Å². The summed E-state index contributed by atoms with van der Waals surface area (Å²) < 4.78 is 13.9. The lowest BCUT2D eigenvalue weighted by atomic mass is 9.81. The number of nitriles is 1. The first-order valence-corrected chi connectivity index (χ1v) is 10.7. The molecule has 1 aliphatic rings. The monoisotopic (exact) mass is 386 g/mol. The molecule has 4 heteroatoms. The molecule has 0 saturated heterocycles. The fourth-order valence-electron chi connectivity index (χ4n) is 4.58. The zero-order chi connectivity index (χ0) is 20.9. The Labute approximate surface area is 169 Å². The number of nitrogens with one attached hydrogen (secondary N) is 1. The molecule has 28 heavy (non-hydrogen) atoms. The van der Waals surface area contributed by atoms with E-state index in [1.54, 1.807) is 0 Å². The van der Waals surface area contributed by atoms with E-state index >= 15 is 0 Å². The lowest BCUT2D eigenvalue weighted by Crippen LogP contribution is -2.39. The molecule has 1 N–H and O–H groups in total. The van der Waals surface area contributed by atoms with E-state index in [0.29, 0.717) is 11.5 Å². The molecular weight excluding hydrogens is 351 g/mol. The van der Waals surface area contributed by atoms with E-state index in [2.05, 4.69) is 32.2 Å². The van der Waals surface area contributed by atoms with Crippen molar-refractivity contribution in [1.82, 2.24) is 5.32 Å². The van der Waals surface area contributed by atoms with E-state index in [0.717, 1.165) is 29.9 Å². The number of hydrogen-bond acceptors (Lipinski definition) is 2. The lowest BCUT2D eigenvalue weighted by molar-refractivity contribution is -0.124. The first-order valence-electron chi connectivity index (χ1n) is 10.7. The van der Waals surface area contributed by atoms with Crippen molar-refractivity contribution in [2.45, 2.75) is 78.3 Å².